The van der Waals surface area contributed by atoms with Crippen molar-refractivity contribution >= 4 is 0 Å². The number of aryl methyl sites for hydroxylation is 1. The van der Waals surface area contributed by atoms with Crippen LogP contribution in [-0.4, -0.2) is 16.3 Å². The highest BCUT2D eigenvalue weighted by Crippen LogP contribution is 2.25. The molecule has 0 aliphatic carbocycles. The molecule has 1 heterocycles. The van der Waals surface area contributed by atoms with Crippen LogP contribution >= 0.6 is 0 Å². The van der Waals surface area contributed by atoms with Crippen LogP contribution in [0.3, 0.4) is 0 Å². The minimum Gasteiger partial charge on any atom is -0.330 e. The van der Waals surface area contributed by atoms with Crippen molar-refractivity contribution in [2.45, 2.75) is 6.42 Å². The molecule has 0 atom stereocenters. The minimum atomic E-state index is -0.483. The highest BCUT2D eigenvalue weighted by Gasteiger charge is 2.14. The maximum Gasteiger partial charge on any atom is 0.132 e. The van der Waals surface area contributed by atoms with Gasteiger partial charge in [-0.15, -0.1) is 0 Å². The number of hydrogen-bond acceptors (Lipinski definition) is 2. The van der Waals surface area contributed by atoms with Crippen molar-refractivity contribution in [3.05, 3.63) is 41.6 Å². The molecule has 0 spiro atoms. The van der Waals surface area contributed by atoms with Crippen molar-refractivity contribution in [1.29, 1.82) is 0 Å². The molecule has 0 saturated carbocycles. The molecule has 0 radical (unpaired) electrons. The fourth-order valence-corrected chi connectivity index (χ4v) is 1.78. The van der Waals surface area contributed by atoms with Crippen molar-refractivity contribution in [1.82, 2.24) is 9.78 Å². The lowest BCUT2D eigenvalue weighted by molar-refractivity contribution is 0.602. The summed E-state index contributed by atoms with van der Waals surface area (Å²) >= 11 is 0. The molecule has 0 saturated heterocycles. The van der Waals surface area contributed by atoms with Gasteiger partial charge < -0.3 is 5.73 Å². The summed E-state index contributed by atoms with van der Waals surface area (Å²) in [4.78, 5) is 0. The normalized spacial score (nSPS) is 10.8. The van der Waals surface area contributed by atoms with Gasteiger partial charge in [0, 0.05) is 18.8 Å². The topological polar surface area (TPSA) is 43.8 Å². The molecule has 2 N–H and O–H groups in total. The molecule has 5 heteroatoms. The number of nitrogens with zero attached hydrogens (tertiary/aromatic N) is 2. The van der Waals surface area contributed by atoms with Gasteiger partial charge in [0.05, 0.1) is 5.69 Å². The number of aromatic nitrogens is 2. The van der Waals surface area contributed by atoms with Crippen LogP contribution in [0.1, 0.15) is 5.56 Å². The summed E-state index contributed by atoms with van der Waals surface area (Å²) in [5.41, 5.74) is 6.93. The van der Waals surface area contributed by atoms with Crippen LogP contribution in [0.15, 0.2) is 24.4 Å². The van der Waals surface area contributed by atoms with E-state index in [1.165, 1.54) is 0 Å². The SMILES string of the molecule is Cn1cc(CCN)c(-c2cc(F)ccc2F)n1. The first kappa shape index (κ1) is 11.7. The largest absolute Gasteiger partial charge is 0.330 e. The van der Waals surface area contributed by atoms with E-state index in [9.17, 15) is 8.78 Å². The molecule has 0 amide bonds. The van der Waals surface area contributed by atoms with Crippen molar-refractivity contribution in [2.75, 3.05) is 6.54 Å². The van der Waals surface area contributed by atoms with Crippen molar-refractivity contribution in [3.8, 4) is 11.3 Å². The quantitative estimate of drug-likeness (QED) is 0.885. The molecule has 3 nitrogen and oxygen atoms in total. The Kier molecular flexibility index (Phi) is 3.19. The number of benzene rings is 1. The molecule has 1 aromatic heterocycles. The molecule has 1 aromatic carbocycles. The number of hydrogen-bond donors (Lipinski definition) is 1. The van der Waals surface area contributed by atoms with Crippen LogP contribution in [0.4, 0.5) is 8.78 Å². The summed E-state index contributed by atoms with van der Waals surface area (Å²) < 4.78 is 28.3. The van der Waals surface area contributed by atoms with E-state index in [-0.39, 0.29) is 5.56 Å². The first-order valence-electron chi connectivity index (χ1n) is 5.30. The highest BCUT2D eigenvalue weighted by molar-refractivity contribution is 5.63. The first-order chi connectivity index (χ1) is 8.11. The summed E-state index contributed by atoms with van der Waals surface area (Å²) in [7, 11) is 1.74. The summed E-state index contributed by atoms with van der Waals surface area (Å²) in [6, 6.07) is 3.34. The summed E-state index contributed by atoms with van der Waals surface area (Å²) in [6.07, 6.45) is 2.35. The standard InChI is InChI=1S/C12H13F2N3/c1-17-7-8(4-5-15)12(16-17)10-6-9(13)2-3-11(10)14/h2-3,6-7H,4-5,15H2,1H3. The number of nitrogens with two attached hydrogens (primary N) is 1. The molecule has 0 bridgehead atoms. The van der Waals surface area contributed by atoms with E-state index in [2.05, 4.69) is 5.10 Å². The van der Waals surface area contributed by atoms with Crippen LogP contribution in [0.5, 0.6) is 0 Å². The van der Waals surface area contributed by atoms with Crippen LogP contribution in [0.2, 0.25) is 0 Å². The van der Waals surface area contributed by atoms with Crippen LogP contribution < -0.4 is 5.73 Å². The maximum atomic E-state index is 13.6. The van der Waals surface area contributed by atoms with Crippen molar-refractivity contribution in [2.24, 2.45) is 12.8 Å². The summed E-state index contributed by atoms with van der Waals surface area (Å²) in [6.45, 7) is 0.440. The van der Waals surface area contributed by atoms with Crippen molar-refractivity contribution < 1.29 is 8.78 Å². The van der Waals surface area contributed by atoms with Gasteiger partial charge in [-0.2, -0.15) is 5.10 Å². The van der Waals surface area contributed by atoms with Gasteiger partial charge in [-0.3, -0.25) is 4.68 Å². The lowest BCUT2D eigenvalue weighted by Gasteiger charge is -2.03. The predicted octanol–water partition coefficient (Wildman–Crippen LogP) is 1.87. The smallest absolute Gasteiger partial charge is 0.132 e. The highest BCUT2D eigenvalue weighted by atomic mass is 19.1. The zero-order chi connectivity index (χ0) is 12.4. The van der Waals surface area contributed by atoms with E-state index in [0.717, 1.165) is 23.8 Å². The molecule has 17 heavy (non-hydrogen) atoms. The molecule has 90 valence electrons. The average Bonchev–Trinajstić information content (AvgIpc) is 2.64. The zero-order valence-electron chi connectivity index (χ0n) is 9.45. The maximum absolute atomic E-state index is 13.6. The Morgan fingerprint density at radius 3 is 2.82 bits per heavy atom. The lowest BCUT2D eigenvalue weighted by atomic mass is 10.1. The Hall–Kier alpha value is -1.75. The third kappa shape index (κ3) is 2.34. The van der Waals surface area contributed by atoms with E-state index in [0.29, 0.717) is 18.7 Å². The average molecular weight is 237 g/mol. The second kappa shape index (κ2) is 4.63. The van der Waals surface area contributed by atoms with Gasteiger partial charge in [-0.25, -0.2) is 8.78 Å². The molecule has 0 aliphatic rings. The van der Waals surface area contributed by atoms with Crippen LogP contribution in [0.25, 0.3) is 11.3 Å². The molecular formula is C12H13F2N3. The van der Waals surface area contributed by atoms with Crippen LogP contribution in [-0.2, 0) is 13.5 Å². The van der Waals surface area contributed by atoms with Gasteiger partial charge in [0.1, 0.15) is 11.6 Å². The zero-order valence-corrected chi connectivity index (χ0v) is 9.45. The molecule has 0 fully saturated rings. The van der Waals surface area contributed by atoms with E-state index < -0.39 is 11.6 Å². The predicted molar refractivity (Wildman–Crippen MR) is 61.3 cm³/mol. The summed E-state index contributed by atoms with van der Waals surface area (Å²) in [5.74, 6) is -0.964. The van der Waals surface area contributed by atoms with Crippen molar-refractivity contribution in [3.63, 3.8) is 0 Å². The van der Waals surface area contributed by atoms with Gasteiger partial charge in [0.15, 0.2) is 0 Å². The molecule has 0 unspecified atom stereocenters. The Balaban J connectivity index is 2.55. The van der Waals surface area contributed by atoms with E-state index in [4.69, 9.17) is 5.73 Å². The van der Waals surface area contributed by atoms with E-state index in [1.54, 1.807) is 17.9 Å². The molecule has 0 aliphatic heterocycles. The third-order valence-corrected chi connectivity index (χ3v) is 2.50. The molecular weight excluding hydrogens is 224 g/mol. The Morgan fingerprint density at radius 2 is 2.12 bits per heavy atom. The second-order valence-corrected chi connectivity index (χ2v) is 3.84. The van der Waals surface area contributed by atoms with Gasteiger partial charge in [0.25, 0.3) is 0 Å². The monoisotopic (exact) mass is 237 g/mol. The van der Waals surface area contributed by atoms with Gasteiger partial charge in [0.2, 0.25) is 0 Å². The lowest BCUT2D eigenvalue weighted by Crippen LogP contribution is -2.03. The fourth-order valence-electron chi connectivity index (χ4n) is 1.78. The Morgan fingerprint density at radius 1 is 1.35 bits per heavy atom. The summed E-state index contributed by atoms with van der Waals surface area (Å²) in [5, 5.41) is 4.16. The van der Waals surface area contributed by atoms with E-state index >= 15 is 0 Å². The number of halogens is 2. The first-order valence-corrected chi connectivity index (χ1v) is 5.30. The van der Waals surface area contributed by atoms with Crippen LogP contribution in [0, 0.1) is 11.6 Å². The molecule has 2 aromatic rings. The Labute approximate surface area is 97.9 Å². The fraction of sp³-hybridized carbons (Fsp3) is 0.250. The Bertz CT molecular complexity index is 535. The van der Waals surface area contributed by atoms with Gasteiger partial charge in [-0.1, -0.05) is 0 Å². The molecule has 2 rings (SSSR count). The number of rotatable bonds is 3. The second-order valence-electron chi connectivity index (χ2n) is 3.84. The van der Waals surface area contributed by atoms with E-state index in [1.807, 2.05) is 0 Å². The van der Waals surface area contributed by atoms with Gasteiger partial charge >= 0.3 is 0 Å². The van der Waals surface area contributed by atoms with Gasteiger partial charge in [-0.05, 0) is 36.7 Å². The third-order valence-electron chi connectivity index (χ3n) is 2.50. The minimum absolute atomic E-state index is 0.175.